The molecule has 2 aliphatic rings. The molecule has 0 spiro atoms. The Morgan fingerprint density at radius 3 is 2.38 bits per heavy atom. The minimum atomic E-state index is -0.0915. The summed E-state index contributed by atoms with van der Waals surface area (Å²) in [6, 6.07) is 10.8. The molecular formula is C21H33N3O2. The number of morpholine rings is 1. The van der Waals surface area contributed by atoms with Gasteiger partial charge in [0, 0.05) is 38.8 Å². The number of nitrogens with zero attached hydrogens (tertiary/aromatic N) is 2. The molecule has 0 unspecified atom stereocenters. The second kappa shape index (κ2) is 8.98. The van der Waals surface area contributed by atoms with E-state index in [1.54, 1.807) is 0 Å². The Hall–Kier alpha value is -1.43. The third-order valence-electron chi connectivity index (χ3n) is 5.56. The van der Waals surface area contributed by atoms with Gasteiger partial charge in [-0.25, -0.2) is 0 Å². The molecule has 26 heavy (non-hydrogen) atoms. The number of nitrogens with one attached hydrogen (secondary N) is 1. The lowest BCUT2D eigenvalue weighted by Gasteiger charge is -2.39. The van der Waals surface area contributed by atoms with Gasteiger partial charge in [-0.2, -0.15) is 0 Å². The first kappa shape index (κ1) is 19.3. The molecule has 0 aliphatic carbocycles. The molecule has 0 radical (unpaired) electrons. The van der Waals surface area contributed by atoms with E-state index in [0.717, 1.165) is 45.6 Å². The predicted molar refractivity (Wildman–Crippen MR) is 104 cm³/mol. The summed E-state index contributed by atoms with van der Waals surface area (Å²) in [5.41, 5.74) is 1.36. The topological polar surface area (TPSA) is 44.8 Å². The monoisotopic (exact) mass is 359 g/mol. The first-order valence-electron chi connectivity index (χ1n) is 9.97. The molecule has 0 saturated carbocycles. The van der Waals surface area contributed by atoms with Crippen molar-refractivity contribution in [3.63, 3.8) is 0 Å². The number of rotatable bonds is 5. The van der Waals surface area contributed by atoms with Crippen molar-refractivity contribution in [2.75, 3.05) is 26.2 Å². The van der Waals surface area contributed by atoms with Crippen molar-refractivity contribution in [3.8, 4) is 0 Å². The van der Waals surface area contributed by atoms with E-state index in [-0.39, 0.29) is 24.2 Å². The minimum absolute atomic E-state index is 0.0915. The van der Waals surface area contributed by atoms with Gasteiger partial charge in [0.15, 0.2) is 0 Å². The van der Waals surface area contributed by atoms with Crippen LogP contribution in [0.25, 0.3) is 0 Å². The van der Waals surface area contributed by atoms with Crippen LogP contribution in [0, 0.1) is 0 Å². The lowest BCUT2D eigenvalue weighted by molar-refractivity contribution is -0.132. The maximum atomic E-state index is 12.7. The van der Waals surface area contributed by atoms with Gasteiger partial charge in [0.25, 0.3) is 0 Å². The van der Waals surface area contributed by atoms with Crippen molar-refractivity contribution in [2.24, 2.45) is 0 Å². The smallest absolute Gasteiger partial charge is 0.237 e. The van der Waals surface area contributed by atoms with Crippen molar-refractivity contribution in [1.82, 2.24) is 15.1 Å². The van der Waals surface area contributed by atoms with E-state index in [1.165, 1.54) is 5.56 Å². The maximum absolute atomic E-state index is 12.7. The number of carbonyl (C=O) groups excluding carboxylic acids is 1. The molecule has 144 valence electrons. The highest BCUT2D eigenvalue weighted by molar-refractivity contribution is 5.81. The molecule has 1 amide bonds. The SMILES string of the molecule is C[C@@H]1CN([C@H](C)C(=O)NC2CCN(Cc3ccccc3)CC2)C[C@@H](C)O1. The summed E-state index contributed by atoms with van der Waals surface area (Å²) in [4.78, 5) is 17.4. The molecule has 5 nitrogen and oxygen atoms in total. The van der Waals surface area contributed by atoms with Crippen molar-refractivity contribution >= 4 is 5.91 Å². The van der Waals surface area contributed by atoms with Gasteiger partial charge in [0.05, 0.1) is 18.2 Å². The molecule has 0 bridgehead atoms. The molecule has 2 aliphatic heterocycles. The van der Waals surface area contributed by atoms with E-state index in [1.807, 2.05) is 6.92 Å². The molecular weight excluding hydrogens is 326 g/mol. The average Bonchev–Trinajstić information content (AvgIpc) is 2.63. The molecule has 5 heteroatoms. The number of piperidine rings is 1. The Bertz CT molecular complexity index is 562. The quantitative estimate of drug-likeness (QED) is 0.876. The molecule has 2 fully saturated rings. The van der Waals surface area contributed by atoms with Crippen LogP contribution in [0.15, 0.2) is 30.3 Å². The van der Waals surface area contributed by atoms with Crippen molar-refractivity contribution in [2.45, 2.75) is 64.4 Å². The second-order valence-corrected chi connectivity index (χ2v) is 7.93. The van der Waals surface area contributed by atoms with E-state index < -0.39 is 0 Å². The minimum Gasteiger partial charge on any atom is -0.373 e. The van der Waals surface area contributed by atoms with Crippen LogP contribution in [0.1, 0.15) is 39.2 Å². The molecule has 1 N–H and O–H groups in total. The zero-order chi connectivity index (χ0) is 18.5. The van der Waals surface area contributed by atoms with Crippen molar-refractivity contribution < 1.29 is 9.53 Å². The number of hydrogen-bond donors (Lipinski definition) is 1. The van der Waals surface area contributed by atoms with Crippen LogP contribution in [0.2, 0.25) is 0 Å². The van der Waals surface area contributed by atoms with Gasteiger partial charge in [0.2, 0.25) is 5.91 Å². The summed E-state index contributed by atoms with van der Waals surface area (Å²) < 4.78 is 5.78. The Morgan fingerprint density at radius 2 is 1.77 bits per heavy atom. The fourth-order valence-electron chi connectivity index (χ4n) is 4.10. The molecule has 2 saturated heterocycles. The van der Waals surface area contributed by atoms with Crippen LogP contribution in [0.5, 0.6) is 0 Å². The Morgan fingerprint density at radius 1 is 1.15 bits per heavy atom. The summed E-state index contributed by atoms with van der Waals surface area (Å²) in [6.07, 6.45) is 2.44. The van der Waals surface area contributed by atoms with Crippen LogP contribution in [-0.4, -0.2) is 66.2 Å². The number of likely N-dealkylation sites (tertiary alicyclic amines) is 1. The molecule has 3 rings (SSSR count). The molecule has 1 aromatic rings. The molecule has 2 heterocycles. The van der Waals surface area contributed by atoms with E-state index in [2.05, 4.69) is 59.3 Å². The summed E-state index contributed by atoms with van der Waals surface area (Å²) in [5.74, 6) is 0.160. The van der Waals surface area contributed by atoms with Gasteiger partial charge >= 0.3 is 0 Å². The highest BCUT2D eigenvalue weighted by atomic mass is 16.5. The summed E-state index contributed by atoms with van der Waals surface area (Å²) >= 11 is 0. The lowest BCUT2D eigenvalue weighted by atomic mass is 10.0. The average molecular weight is 360 g/mol. The Balaban J connectivity index is 1.43. The van der Waals surface area contributed by atoms with Gasteiger partial charge in [-0.1, -0.05) is 30.3 Å². The third kappa shape index (κ3) is 5.29. The van der Waals surface area contributed by atoms with E-state index in [4.69, 9.17) is 4.74 Å². The van der Waals surface area contributed by atoms with Gasteiger partial charge < -0.3 is 10.1 Å². The van der Waals surface area contributed by atoms with Gasteiger partial charge in [0.1, 0.15) is 0 Å². The first-order chi connectivity index (χ1) is 12.5. The second-order valence-electron chi connectivity index (χ2n) is 7.93. The van der Waals surface area contributed by atoms with Crippen LogP contribution in [0.3, 0.4) is 0 Å². The zero-order valence-electron chi connectivity index (χ0n) is 16.4. The van der Waals surface area contributed by atoms with Crippen LogP contribution < -0.4 is 5.32 Å². The van der Waals surface area contributed by atoms with Gasteiger partial charge in [-0.05, 0) is 39.2 Å². The van der Waals surface area contributed by atoms with Crippen LogP contribution >= 0.6 is 0 Å². The number of carbonyl (C=O) groups is 1. The normalized spacial score (nSPS) is 27.2. The van der Waals surface area contributed by atoms with Gasteiger partial charge in [-0.3, -0.25) is 14.6 Å². The number of benzene rings is 1. The summed E-state index contributed by atoms with van der Waals surface area (Å²) in [6.45, 7) is 10.9. The highest BCUT2D eigenvalue weighted by Crippen LogP contribution is 2.16. The van der Waals surface area contributed by atoms with E-state index in [9.17, 15) is 4.79 Å². The van der Waals surface area contributed by atoms with E-state index >= 15 is 0 Å². The van der Waals surface area contributed by atoms with Crippen LogP contribution in [-0.2, 0) is 16.1 Å². The van der Waals surface area contributed by atoms with Crippen molar-refractivity contribution in [1.29, 1.82) is 0 Å². The fourth-order valence-corrected chi connectivity index (χ4v) is 4.10. The first-order valence-corrected chi connectivity index (χ1v) is 9.97. The molecule has 3 atom stereocenters. The number of hydrogen-bond acceptors (Lipinski definition) is 4. The maximum Gasteiger partial charge on any atom is 0.237 e. The largest absolute Gasteiger partial charge is 0.373 e. The summed E-state index contributed by atoms with van der Waals surface area (Å²) in [5, 5.41) is 3.28. The highest BCUT2D eigenvalue weighted by Gasteiger charge is 2.30. The standard InChI is InChI=1S/C21H33N3O2/c1-16-13-24(14-17(2)26-16)18(3)21(25)22-20-9-11-23(12-10-20)15-19-7-5-4-6-8-19/h4-8,16-18,20H,9-15H2,1-3H3,(H,22,25)/t16-,17-,18-/m1/s1. The number of amides is 1. The van der Waals surface area contributed by atoms with Crippen LogP contribution in [0.4, 0.5) is 0 Å². The zero-order valence-corrected chi connectivity index (χ0v) is 16.4. The fraction of sp³-hybridized carbons (Fsp3) is 0.667. The Labute approximate surface area is 157 Å². The summed E-state index contributed by atoms with van der Waals surface area (Å²) in [7, 11) is 0. The van der Waals surface area contributed by atoms with Gasteiger partial charge in [-0.15, -0.1) is 0 Å². The molecule has 0 aromatic heterocycles. The van der Waals surface area contributed by atoms with Crippen molar-refractivity contribution in [3.05, 3.63) is 35.9 Å². The third-order valence-corrected chi connectivity index (χ3v) is 5.56. The molecule has 1 aromatic carbocycles. The van der Waals surface area contributed by atoms with E-state index in [0.29, 0.717) is 6.04 Å². The number of ether oxygens (including phenoxy) is 1. The Kier molecular flexibility index (Phi) is 6.68. The lowest BCUT2D eigenvalue weighted by Crippen LogP contribution is -2.56. The predicted octanol–water partition coefficient (Wildman–Crippen LogP) is 2.26.